The van der Waals surface area contributed by atoms with Gasteiger partial charge < -0.3 is 15.2 Å². The molecule has 2 aromatic rings. The van der Waals surface area contributed by atoms with Crippen molar-refractivity contribution in [2.75, 3.05) is 26.0 Å². The van der Waals surface area contributed by atoms with E-state index in [0.717, 1.165) is 0 Å². The van der Waals surface area contributed by atoms with Crippen LogP contribution in [-0.4, -0.2) is 58.1 Å². The van der Waals surface area contributed by atoms with Crippen LogP contribution >= 0.6 is 7.82 Å². The molecule has 0 bridgehead atoms. The van der Waals surface area contributed by atoms with Crippen molar-refractivity contribution in [3.63, 3.8) is 0 Å². The smallest absolute Gasteiger partial charge is 0.475 e. The van der Waals surface area contributed by atoms with Crippen LogP contribution < -0.4 is 10.5 Å². The molecule has 3 heterocycles. The van der Waals surface area contributed by atoms with E-state index in [-0.39, 0.29) is 31.1 Å². The highest BCUT2D eigenvalue weighted by atomic mass is 31.2. The van der Waals surface area contributed by atoms with Gasteiger partial charge in [0.15, 0.2) is 11.2 Å². The summed E-state index contributed by atoms with van der Waals surface area (Å²) >= 11 is 0. The maximum atomic E-state index is 12.5. The second-order valence-electron chi connectivity index (χ2n) is 6.67. The number of nitrogen functional groups attached to an aromatic ring is 1. The number of nitrogens with zero attached hydrogens (tertiary/aromatic N) is 7. The van der Waals surface area contributed by atoms with Crippen LogP contribution in [0.3, 0.4) is 0 Å². The van der Waals surface area contributed by atoms with E-state index in [0.29, 0.717) is 11.2 Å². The number of aromatic nitrogens is 4. The fourth-order valence-corrected chi connectivity index (χ4v) is 4.39. The number of fused-ring (bicyclic) bond motifs is 1. The minimum absolute atomic E-state index is 0.0203. The van der Waals surface area contributed by atoms with Gasteiger partial charge in [-0.1, -0.05) is 5.11 Å². The number of hydrogen-bond acceptors (Lipinski definition) is 11. The molecule has 4 atom stereocenters. The molecule has 30 heavy (non-hydrogen) atoms. The topological polar surface area (TPSA) is 182 Å². The Morgan fingerprint density at radius 1 is 1.50 bits per heavy atom. The third-order valence-corrected chi connectivity index (χ3v) is 5.83. The van der Waals surface area contributed by atoms with Crippen molar-refractivity contribution >= 4 is 24.9 Å². The summed E-state index contributed by atoms with van der Waals surface area (Å²) in [5, 5.41) is 3.60. The minimum atomic E-state index is -3.68. The van der Waals surface area contributed by atoms with Crippen LogP contribution in [0.25, 0.3) is 21.6 Å². The SMILES string of the molecule is COc1nc(N)nc2c1ncn2[C@@H](CN=[N+]=[N-])O[C@@H]1COP(=O)(OC(C)C)OC1C. The number of methoxy groups -OCH3 is 1. The molecule has 0 radical (unpaired) electrons. The van der Waals surface area contributed by atoms with Gasteiger partial charge in [-0.3, -0.25) is 18.1 Å². The summed E-state index contributed by atoms with van der Waals surface area (Å²) < 4.78 is 41.3. The molecule has 0 saturated carbocycles. The second kappa shape index (κ2) is 9.13. The molecule has 1 saturated heterocycles. The van der Waals surface area contributed by atoms with Crippen molar-refractivity contribution < 1.29 is 27.6 Å². The Morgan fingerprint density at radius 3 is 2.90 bits per heavy atom. The summed E-state index contributed by atoms with van der Waals surface area (Å²) in [5.74, 6) is 0.177. The summed E-state index contributed by atoms with van der Waals surface area (Å²) in [5.41, 5.74) is 15.2. The first-order valence-electron chi connectivity index (χ1n) is 9.08. The summed E-state index contributed by atoms with van der Waals surface area (Å²) in [6.45, 7) is 5.00. The van der Waals surface area contributed by atoms with E-state index in [9.17, 15) is 4.57 Å². The average molecular weight is 442 g/mol. The highest BCUT2D eigenvalue weighted by Crippen LogP contribution is 2.54. The highest BCUT2D eigenvalue weighted by molar-refractivity contribution is 7.48. The molecule has 0 spiro atoms. The van der Waals surface area contributed by atoms with Crippen molar-refractivity contribution in [2.45, 2.75) is 45.3 Å². The van der Waals surface area contributed by atoms with Gasteiger partial charge >= 0.3 is 7.82 Å². The van der Waals surface area contributed by atoms with Crippen LogP contribution in [0.4, 0.5) is 5.95 Å². The van der Waals surface area contributed by atoms with Gasteiger partial charge in [0.2, 0.25) is 11.8 Å². The Labute approximate surface area is 171 Å². The van der Waals surface area contributed by atoms with Gasteiger partial charge in [0.05, 0.1) is 38.8 Å². The lowest BCUT2D eigenvalue weighted by atomic mass is 10.2. The van der Waals surface area contributed by atoms with Crippen LogP contribution in [-0.2, 0) is 22.9 Å². The van der Waals surface area contributed by atoms with Crippen LogP contribution in [0.2, 0.25) is 0 Å². The van der Waals surface area contributed by atoms with Crippen molar-refractivity contribution in [2.24, 2.45) is 5.11 Å². The van der Waals surface area contributed by atoms with Gasteiger partial charge in [0, 0.05) is 4.91 Å². The van der Waals surface area contributed by atoms with E-state index in [1.807, 2.05) is 0 Å². The lowest BCUT2D eigenvalue weighted by Crippen LogP contribution is -2.39. The Hall–Kier alpha value is -2.47. The molecule has 0 aliphatic carbocycles. The molecule has 0 aromatic carbocycles. The molecule has 1 aliphatic rings. The van der Waals surface area contributed by atoms with Crippen molar-refractivity contribution in [1.29, 1.82) is 0 Å². The van der Waals surface area contributed by atoms with Gasteiger partial charge in [-0.2, -0.15) is 9.97 Å². The molecule has 15 heteroatoms. The standard InChI is InChI=1S/C15H23N8O6P/c1-8(2)28-30(24)26-6-10(9(3)29-30)27-11(5-19-22-17)23-7-18-12-13(23)20-15(16)21-14(12)25-4/h7-11H,5-6H2,1-4H3,(H2,16,20,21)/t9?,10-,11-,30?/m1/s1. The normalized spacial score (nSPS) is 25.2. The van der Waals surface area contributed by atoms with E-state index >= 15 is 0 Å². The maximum absolute atomic E-state index is 12.5. The lowest BCUT2D eigenvalue weighted by molar-refractivity contribution is -0.135. The van der Waals surface area contributed by atoms with Crippen LogP contribution in [0, 0.1) is 0 Å². The number of phosphoric ester groups is 1. The molecule has 14 nitrogen and oxygen atoms in total. The van der Waals surface area contributed by atoms with E-state index in [1.165, 1.54) is 18.0 Å². The zero-order valence-electron chi connectivity index (χ0n) is 16.9. The molecule has 2 aromatic heterocycles. The summed E-state index contributed by atoms with van der Waals surface area (Å²) in [6, 6.07) is 0. The lowest BCUT2D eigenvalue weighted by Gasteiger charge is -2.35. The van der Waals surface area contributed by atoms with E-state index < -0.39 is 26.3 Å². The Bertz CT molecular complexity index is 993. The van der Waals surface area contributed by atoms with E-state index in [1.54, 1.807) is 20.8 Å². The first-order valence-corrected chi connectivity index (χ1v) is 10.5. The summed E-state index contributed by atoms with van der Waals surface area (Å²) in [6.07, 6.45) is -0.981. The number of hydrogen-bond donors (Lipinski definition) is 1. The second-order valence-corrected chi connectivity index (χ2v) is 8.24. The number of imidazole rings is 1. The molecule has 0 amide bonds. The first kappa shape index (κ1) is 22.2. The van der Waals surface area contributed by atoms with Crippen LogP contribution in [0.5, 0.6) is 5.88 Å². The first-order chi connectivity index (χ1) is 14.3. The molecule has 3 rings (SSSR count). The Morgan fingerprint density at radius 2 is 2.27 bits per heavy atom. The fourth-order valence-electron chi connectivity index (χ4n) is 2.83. The van der Waals surface area contributed by atoms with E-state index in [4.69, 9.17) is 34.3 Å². The summed E-state index contributed by atoms with van der Waals surface area (Å²) in [7, 11) is -2.24. The highest BCUT2D eigenvalue weighted by Gasteiger charge is 2.41. The maximum Gasteiger partial charge on any atom is 0.475 e. The van der Waals surface area contributed by atoms with Crippen molar-refractivity contribution in [3.8, 4) is 5.88 Å². The number of nitrogens with two attached hydrogens (primary N) is 1. The van der Waals surface area contributed by atoms with Gasteiger partial charge in [0.25, 0.3) is 0 Å². The van der Waals surface area contributed by atoms with Crippen molar-refractivity contribution in [3.05, 3.63) is 16.8 Å². The van der Waals surface area contributed by atoms with Gasteiger partial charge in [-0.05, 0) is 26.3 Å². The zero-order valence-corrected chi connectivity index (χ0v) is 17.8. The quantitative estimate of drug-likeness (QED) is 0.276. The van der Waals surface area contributed by atoms with Gasteiger partial charge in [-0.25, -0.2) is 9.55 Å². The molecule has 1 fully saturated rings. The van der Waals surface area contributed by atoms with Crippen molar-refractivity contribution in [1.82, 2.24) is 19.5 Å². The fraction of sp³-hybridized carbons (Fsp3) is 0.667. The zero-order chi connectivity index (χ0) is 21.9. The van der Waals surface area contributed by atoms with Gasteiger partial charge in [0.1, 0.15) is 12.3 Å². The number of phosphoric acid groups is 1. The predicted molar refractivity (Wildman–Crippen MR) is 105 cm³/mol. The number of rotatable bonds is 8. The number of anilines is 1. The molecule has 1 aliphatic heterocycles. The van der Waals surface area contributed by atoms with Gasteiger partial charge in [-0.15, -0.1) is 0 Å². The molecular formula is C15H23N8O6P. The molecule has 2 unspecified atom stereocenters. The van der Waals surface area contributed by atoms with E-state index in [2.05, 4.69) is 25.0 Å². The number of azide groups is 1. The number of ether oxygens (including phenoxy) is 2. The Kier molecular flexibility index (Phi) is 6.76. The van der Waals surface area contributed by atoms with Crippen LogP contribution in [0.1, 0.15) is 27.0 Å². The predicted octanol–water partition coefficient (Wildman–Crippen LogP) is 2.58. The Balaban J connectivity index is 1.86. The third-order valence-electron chi connectivity index (χ3n) is 4.10. The average Bonchev–Trinajstić information content (AvgIpc) is 3.09. The summed E-state index contributed by atoms with van der Waals surface area (Å²) in [4.78, 5) is 15.2. The molecule has 2 N–H and O–H groups in total. The van der Waals surface area contributed by atoms with Crippen LogP contribution in [0.15, 0.2) is 11.4 Å². The molecule has 164 valence electrons. The minimum Gasteiger partial charge on any atom is -0.479 e. The third kappa shape index (κ3) is 4.81. The molecular weight excluding hydrogens is 419 g/mol. The largest absolute Gasteiger partial charge is 0.479 e. The monoisotopic (exact) mass is 442 g/mol.